The Hall–Kier alpha value is -2.85. The number of hydrogen-bond donors (Lipinski definition) is 0. The summed E-state index contributed by atoms with van der Waals surface area (Å²) in [5.74, 6) is 0.779. The van der Waals surface area contributed by atoms with Crippen LogP contribution in [0.1, 0.15) is 16.7 Å². The Labute approximate surface area is 162 Å². The molecule has 3 aromatic carbocycles. The Kier molecular flexibility index (Phi) is 5.07. The molecule has 0 fully saturated rings. The van der Waals surface area contributed by atoms with Gasteiger partial charge in [-0.25, -0.2) is 4.98 Å². The third-order valence-corrected chi connectivity index (χ3v) is 5.51. The van der Waals surface area contributed by atoms with Gasteiger partial charge < -0.3 is 0 Å². The van der Waals surface area contributed by atoms with Crippen molar-refractivity contribution < 1.29 is 0 Å². The van der Waals surface area contributed by atoms with Crippen LogP contribution >= 0.6 is 11.8 Å². The van der Waals surface area contributed by atoms with Gasteiger partial charge in [-0.2, -0.15) is 0 Å². The number of benzene rings is 3. The van der Waals surface area contributed by atoms with E-state index in [0.29, 0.717) is 11.9 Å². The summed E-state index contributed by atoms with van der Waals surface area (Å²) in [4.78, 5) is 17.9. The van der Waals surface area contributed by atoms with Gasteiger partial charge in [0.25, 0.3) is 5.56 Å². The minimum absolute atomic E-state index is 0.0104. The van der Waals surface area contributed by atoms with Crippen molar-refractivity contribution in [2.75, 3.05) is 0 Å². The minimum atomic E-state index is 0.0104. The lowest BCUT2D eigenvalue weighted by Crippen LogP contribution is -2.24. The highest BCUT2D eigenvalue weighted by Gasteiger charge is 2.12. The van der Waals surface area contributed by atoms with Gasteiger partial charge in [-0.1, -0.05) is 84.1 Å². The first-order chi connectivity index (χ1) is 13.2. The molecule has 134 valence electrons. The summed E-state index contributed by atoms with van der Waals surface area (Å²) >= 11 is 1.61. The summed E-state index contributed by atoms with van der Waals surface area (Å²) < 4.78 is 1.79. The maximum absolute atomic E-state index is 13.1. The van der Waals surface area contributed by atoms with Crippen molar-refractivity contribution in [1.29, 1.82) is 0 Å². The zero-order chi connectivity index (χ0) is 18.6. The molecule has 0 atom stereocenters. The van der Waals surface area contributed by atoms with Crippen LogP contribution in [0.25, 0.3) is 10.9 Å². The highest BCUT2D eigenvalue weighted by Crippen LogP contribution is 2.23. The molecular weight excluding hydrogens is 352 g/mol. The molecular formula is C23H20N2OS. The normalized spacial score (nSPS) is 11.0. The van der Waals surface area contributed by atoms with Gasteiger partial charge in [-0.3, -0.25) is 9.36 Å². The third-order valence-electron chi connectivity index (χ3n) is 4.46. The highest BCUT2D eigenvalue weighted by molar-refractivity contribution is 7.98. The van der Waals surface area contributed by atoms with Crippen molar-refractivity contribution in [3.05, 3.63) is 106 Å². The van der Waals surface area contributed by atoms with E-state index in [-0.39, 0.29) is 5.56 Å². The summed E-state index contributed by atoms with van der Waals surface area (Å²) in [5, 5.41) is 1.41. The number of thioether (sulfide) groups is 1. The average molecular weight is 372 g/mol. The molecule has 0 amide bonds. The maximum Gasteiger partial charge on any atom is 0.262 e. The lowest BCUT2D eigenvalue weighted by molar-refractivity contribution is 0.658. The van der Waals surface area contributed by atoms with Gasteiger partial charge in [0.1, 0.15) is 0 Å². The number of aryl methyl sites for hydroxylation is 1. The van der Waals surface area contributed by atoms with Crippen LogP contribution in [0.4, 0.5) is 0 Å². The van der Waals surface area contributed by atoms with Crippen molar-refractivity contribution in [2.24, 2.45) is 0 Å². The molecule has 4 aromatic rings. The van der Waals surface area contributed by atoms with Crippen molar-refractivity contribution in [3.8, 4) is 0 Å². The van der Waals surface area contributed by atoms with E-state index >= 15 is 0 Å². The van der Waals surface area contributed by atoms with E-state index in [1.165, 1.54) is 11.1 Å². The van der Waals surface area contributed by atoms with Crippen LogP contribution in [0.2, 0.25) is 0 Å². The Bertz CT molecular complexity index is 1140. The molecule has 4 rings (SSSR count). The topological polar surface area (TPSA) is 34.9 Å². The molecule has 27 heavy (non-hydrogen) atoms. The second kappa shape index (κ2) is 7.80. The second-order valence-corrected chi connectivity index (χ2v) is 7.51. The van der Waals surface area contributed by atoms with Crippen LogP contribution in [0.15, 0.2) is 88.8 Å². The number of fused-ring (bicyclic) bond motifs is 1. The van der Waals surface area contributed by atoms with Crippen LogP contribution in [0.3, 0.4) is 0 Å². The van der Waals surface area contributed by atoms with Gasteiger partial charge in [0, 0.05) is 5.75 Å². The molecule has 4 heteroatoms. The molecule has 0 aliphatic carbocycles. The summed E-state index contributed by atoms with van der Waals surface area (Å²) in [7, 11) is 0. The molecule has 1 heterocycles. The van der Waals surface area contributed by atoms with Crippen LogP contribution in [0, 0.1) is 6.92 Å². The van der Waals surface area contributed by atoms with E-state index in [0.717, 1.165) is 22.0 Å². The van der Waals surface area contributed by atoms with E-state index in [2.05, 4.69) is 31.2 Å². The quantitative estimate of drug-likeness (QED) is 0.363. The lowest BCUT2D eigenvalue weighted by Gasteiger charge is -2.13. The lowest BCUT2D eigenvalue weighted by atomic mass is 10.2. The van der Waals surface area contributed by atoms with E-state index in [1.54, 1.807) is 16.3 Å². The van der Waals surface area contributed by atoms with E-state index in [9.17, 15) is 4.79 Å². The van der Waals surface area contributed by atoms with Crippen molar-refractivity contribution in [2.45, 2.75) is 24.4 Å². The predicted molar refractivity (Wildman–Crippen MR) is 112 cm³/mol. The van der Waals surface area contributed by atoms with Crippen molar-refractivity contribution in [3.63, 3.8) is 0 Å². The number of para-hydroxylation sites is 1. The van der Waals surface area contributed by atoms with Crippen LogP contribution in [-0.4, -0.2) is 9.55 Å². The first-order valence-corrected chi connectivity index (χ1v) is 9.91. The van der Waals surface area contributed by atoms with Crippen molar-refractivity contribution >= 4 is 22.7 Å². The molecule has 1 aromatic heterocycles. The Balaban J connectivity index is 1.75. The minimum Gasteiger partial charge on any atom is -0.283 e. The standard InChI is InChI=1S/C23H20N2OS/c1-17-8-7-11-19(14-17)16-27-23-24-21-13-6-5-12-20(21)22(26)25(23)15-18-9-3-2-4-10-18/h2-14H,15-16H2,1H3. The fourth-order valence-corrected chi connectivity index (χ4v) is 4.05. The van der Waals surface area contributed by atoms with E-state index in [4.69, 9.17) is 4.98 Å². The van der Waals surface area contributed by atoms with E-state index in [1.807, 2.05) is 54.6 Å². The maximum atomic E-state index is 13.1. The van der Waals surface area contributed by atoms with Gasteiger partial charge >= 0.3 is 0 Å². The summed E-state index contributed by atoms with van der Waals surface area (Å²) in [6.45, 7) is 2.61. The monoisotopic (exact) mass is 372 g/mol. The number of aromatic nitrogens is 2. The van der Waals surface area contributed by atoms with E-state index < -0.39 is 0 Å². The van der Waals surface area contributed by atoms with Gasteiger partial charge in [0.15, 0.2) is 5.16 Å². The number of rotatable bonds is 5. The predicted octanol–water partition coefficient (Wildman–Crippen LogP) is 5.05. The molecule has 0 radical (unpaired) electrons. The summed E-state index contributed by atoms with van der Waals surface area (Å²) in [5.41, 5.74) is 4.32. The van der Waals surface area contributed by atoms with Gasteiger partial charge in [-0.05, 0) is 30.2 Å². The fourth-order valence-electron chi connectivity index (χ4n) is 3.11. The molecule has 3 nitrogen and oxygen atoms in total. The van der Waals surface area contributed by atoms with Gasteiger partial charge in [-0.15, -0.1) is 0 Å². The number of hydrogen-bond acceptors (Lipinski definition) is 3. The first-order valence-electron chi connectivity index (χ1n) is 8.92. The molecule has 0 N–H and O–H groups in total. The Morgan fingerprint density at radius 2 is 1.63 bits per heavy atom. The fraction of sp³-hybridized carbons (Fsp3) is 0.130. The molecule has 0 saturated heterocycles. The number of nitrogens with zero attached hydrogens (tertiary/aromatic N) is 2. The largest absolute Gasteiger partial charge is 0.283 e. The molecule has 0 saturated carbocycles. The van der Waals surface area contributed by atoms with Crippen LogP contribution < -0.4 is 5.56 Å². The van der Waals surface area contributed by atoms with Gasteiger partial charge in [0.05, 0.1) is 17.4 Å². The summed E-state index contributed by atoms with van der Waals surface area (Å²) in [6.07, 6.45) is 0. The molecule has 0 unspecified atom stereocenters. The molecule has 0 spiro atoms. The zero-order valence-corrected chi connectivity index (χ0v) is 15.9. The molecule has 0 aliphatic rings. The SMILES string of the molecule is Cc1cccc(CSc2nc3ccccc3c(=O)n2Cc2ccccc2)c1. The van der Waals surface area contributed by atoms with Crippen LogP contribution in [-0.2, 0) is 12.3 Å². The third kappa shape index (κ3) is 3.96. The Morgan fingerprint density at radius 3 is 2.44 bits per heavy atom. The zero-order valence-electron chi connectivity index (χ0n) is 15.1. The van der Waals surface area contributed by atoms with Crippen molar-refractivity contribution in [1.82, 2.24) is 9.55 Å². The average Bonchev–Trinajstić information content (AvgIpc) is 2.70. The second-order valence-electron chi connectivity index (χ2n) is 6.57. The smallest absolute Gasteiger partial charge is 0.262 e. The van der Waals surface area contributed by atoms with Gasteiger partial charge in [0.2, 0.25) is 0 Å². The van der Waals surface area contributed by atoms with Crippen LogP contribution in [0.5, 0.6) is 0 Å². The highest BCUT2D eigenvalue weighted by atomic mass is 32.2. The summed E-state index contributed by atoms with van der Waals surface area (Å²) in [6, 6.07) is 26.1. The molecule has 0 aliphatic heterocycles. The molecule has 0 bridgehead atoms. The first kappa shape index (κ1) is 17.6. The Morgan fingerprint density at radius 1 is 0.889 bits per heavy atom.